The minimum absolute atomic E-state index is 0.0836. The van der Waals surface area contributed by atoms with E-state index in [1.54, 1.807) is 6.92 Å². The third-order valence-corrected chi connectivity index (χ3v) is 3.85. The molecule has 108 valence electrons. The maximum Gasteiger partial charge on any atom is 0.319 e. The molecule has 0 saturated heterocycles. The molecule has 1 aromatic carbocycles. The Labute approximate surface area is 125 Å². The number of aliphatic hydroxyl groups is 1. The number of urea groups is 1. The van der Waals surface area contributed by atoms with Crippen LogP contribution in [0.25, 0.3) is 0 Å². The third-order valence-electron chi connectivity index (χ3n) is 3.24. The lowest BCUT2D eigenvalue weighted by atomic mass is 10.1. The molecule has 0 saturated carbocycles. The van der Waals surface area contributed by atoms with Gasteiger partial charge in [0.25, 0.3) is 0 Å². The minimum Gasteiger partial charge on any atom is -0.396 e. The first-order valence-corrected chi connectivity index (χ1v) is 7.11. The van der Waals surface area contributed by atoms with E-state index >= 15 is 0 Å². The van der Waals surface area contributed by atoms with Gasteiger partial charge in [-0.3, -0.25) is 0 Å². The van der Waals surface area contributed by atoms with Gasteiger partial charge in [-0.05, 0) is 47.0 Å². The van der Waals surface area contributed by atoms with Gasteiger partial charge >= 0.3 is 6.03 Å². The summed E-state index contributed by atoms with van der Waals surface area (Å²) in [6.45, 7) is 1.81. The summed E-state index contributed by atoms with van der Waals surface area (Å²) >= 11 is 3.09. The van der Waals surface area contributed by atoms with Gasteiger partial charge in [-0.2, -0.15) is 0 Å². The van der Waals surface area contributed by atoms with Crippen LogP contribution in [0.3, 0.4) is 0 Å². The molecule has 0 radical (unpaired) electrons. The molecule has 2 rings (SSSR count). The van der Waals surface area contributed by atoms with Crippen molar-refractivity contribution in [3.8, 4) is 0 Å². The summed E-state index contributed by atoms with van der Waals surface area (Å²) in [5, 5.41) is 14.5. The van der Waals surface area contributed by atoms with Crippen molar-refractivity contribution < 1.29 is 14.3 Å². The monoisotopic (exact) mass is 342 g/mol. The zero-order chi connectivity index (χ0) is 14.7. The predicted octanol–water partition coefficient (Wildman–Crippen LogP) is 2.96. The lowest BCUT2D eigenvalue weighted by Gasteiger charge is -2.15. The van der Waals surface area contributed by atoms with E-state index in [2.05, 4.69) is 26.6 Å². The van der Waals surface area contributed by atoms with Gasteiger partial charge in [-0.1, -0.05) is 12.2 Å². The zero-order valence-corrected chi connectivity index (χ0v) is 12.6. The van der Waals surface area contributed by atoms with Crippen LogP contribution in [0.4, 0.5) is 14.9 Å². The first-order valence-electron chi connectivity index (χ1n) is 6.32. The van der Waals surface area contributed by atoms with Crippen LogP contribution in [0, 0.1) is 18.7 Å². The highest BCUT2D eigenvalue weighted by molar-refractivity contribution is 9.10. The predicted molar refractivity (Wildman–Crippen MR) is 79.1 cm³/mol. The Morgan fingerprint density at radius 2 is 2.25 bits per heavy atom. The molecule has 1 aliphatic rings. The molecule has 2 atom stereocenters. The van der Waals surface area contributed by atoms with Crippen molar-refractivity contribution in [1.82, 2.24) is 5.32 Å². The standard InChI is InChI=1S/C14H16BrFN2O2/c1-8-4-12(16)11(15)6-13(8)18-14(20)17-10-3-2-9(5-10)7-19/h2-4,6,9-10,19H,5,7H2,1H3,(H2,17,18,20)/t9-,10+/m0/s1. The summed E-state index contributed by atoms with van der Waals surface area (Å²) in [5.74, 6) is -0.264. The van der Waals surface area contributed by atoms with Gasteiger partial charge in [0.15, 0.2) is 0 Å². The highest BCUT2D eigenvalue weighted by Gasteiger charge is 2.20. The molecule has 4 nitrogen and oxygen atoms in total. The first kappa shape index (κ1) is 15.0. The van der Waals surface area contributed by atoms with Crippen molar-refractivity contribution >= 4 is 27.6 Å². The average molecular weight is 343 g/mol. The van der Waals surface area contributed by atoms with E-state index < -0.39 is 0 Å². The van der Waals surface area contributed by atoms with Crippen LogP contribution in [0.2, 0.25) is 0 Å². The van der Waals surface area contributed by atoms with Crippen molar-refractivity contribution in [2.24, 2.45) is 5.92 Å². The summed E-state index contributed by atoms with van der Waals surface area (Å²) < 4.78 is 13.6. The number of aryl methyl sites for hydroxylation is 1. The van der Waals surface area contributed by atoms with Gasteiger partial charge < -0.3 is 15.7 Å². The van der Waals surface area contributed by atoms with Gasteiger partial charge in [0.1, 0.15) is 5.82 Å². The Morgan fingerprint density at radius 1 is 1.50 bits per heavy atom. The maximum absolute atomic E-state index is 13.3. The quantitative estimate of drug-likeness (QED) is 0.739. The molecule has 1 aromatic rings. The number of hydrogen-bond donors (Lipinski definition) is 3. The Hall–Kier alpha value is -1.40. The van der Waals surface area contributed by atoms with Crippen LogP contribution in [0.1, 0.15) is 12.0 Å². The molecular formula is C14H16BrFN2O2. The number of halogens is 2. The molecular weight excluding hydrogens is 327 g/mol. The Kier molecular flexibility index (Phi) is 4.77. The second-order valence-electron chi connectivity index (χ2n) is 4.85. The number of carbonyl (C=O) groups excluding carboxylic acids is 1. The van der Waals surface area contributed by atoms with Crippen molar-refractivity contribution in [2.75, 3.05) is 11.9 Å². The normalized spacial score (nSPS) is 21.0. The highest BCUT2D eigenvalue weighted by atomic mass is 79.9. The van der Waals surface area contributed by atoms with E-state index in [1.807, 2.05) is 12.2 Å². The molecule has 2 amide bonds. The lowest BCUT2D eigenvalue weighted by molar-refractivity contribution is 0.238. The van der Waals surface area contributed by atoms with Gasteiger partial charge in [-0.15, -0.1) is 0 Å². The van der Waals surface area contributed by atoms with E-state index in [0.717, 1.165) is 0 Å². The molecule has 1 aliphatic carbocycles. The number of anilines is 1. The minimum atomic E-state index is -0.363. The first-order chi connectivity index (χ1) is 9.49. The lowest BCUT2D eigenvalue weighted by Crippen LogP contribution is -2.36. The molecule has 3 N–H and O–H groups in total. The Balaban J connectivity index is 1.95. The largest absolute Gasteiger partial charge is 0.396 e. The SMILES string of the molecule is Cc1cc(F)c(Br)cc1NC(=O)N[C@@H]1C=C[C@H](CO)C1. The summed E-state index contributed by atoms with van der Waals surface area (Å²) in [6, 6.07) is 2.46. The van der Waals surface area contributed by atoms with Gasteiger partial charge in [0.05, 0.1) is 4.47 Å². The van der Waals surface area contributed by atoms with Crippen LogP contribution in [0.5, 0.6) is 0 Å². The number of hydrogen-bond acceptors (Lipinski definition) is 2. The van der Waals surface area contributed by atoms with E-state index in [0.29, 0.717) is 22.1 Å². The number of aliphatic hydroxyl groups excluding tert-OH is 1. The van der Waals surface area contributed by atoms with Crippen LogP contribution in [-0.2, 0) is 0 Å². The van der Waals surface area contributed by atoms with E-state index in [4.69, 9.17) is 5.11 Å². The fourth-order valence-corrected chi connectivity index (χ4v) is 2.47. The maximum atomic E-state index is 13.3. The van der Waals surface area contributed by atoms with Crippen molar-refractivity contribution in [2.45, 2.75) is 19.4 Å². The summed E-state index contributed by atoms with van der Waals surface area (Å²) in [7, 11) is 0. The molecule has 0 spiro atoms. The van der Waals surface area contributed by atoms with E-state index in [-0.39, 0.29) is 30.4 Å². The molecule has 0 aliphatic heterocycles. The Bertz CT molecular complexity index is 548. The summed E-state index contributed by atoms with van der Waals surface area (Å²) in [4.78, 5) is 11.9. The number of rotatable bonds is 3. The average Bonchev–Trinajstić information content (AvgIpc) is 2.83. The Morgan fingerprint density at radius 3 is 2.90 bits per heavy atom. The number of amides is 2. The summed E-state index contributed by atoms with van der Waals surface area (Å²) in [6.07, 6.45) is 4.45. The third kappa shape index (κ3) is 3.58. The van der Waals surface area contributed by atoms with E-state index in [1.165, 1.54) is 12.1 Å². The van der Waals surface area contributed by atoms with Crippen LogP contribution < -0.4 is 10.6 Å². The molecule has 0 heterocycles. The van der Waals surface area contributed by atoms with Gasteiger partial charge in [0, 0.05) is 24.3 Å². The number of carbonyl (C=O) groups is 1. The molecule has 6 heteroatoms. The second-order valence-corrected chi connectivity index (χ2v) is 5.70. The second kappa shape index (κ2) is 6.37. The molecule has 0 fully saturated rings. The van der Waals surface area contributed by atoms with Crippen LogP contribution in [0.15, 0.2) is 28.8 Å². The molecule has 0 aromatic heterocycles. The van der Waals surface area contributed by atoms with Crippen LogP contribution in [-0.4, -0.2) is 23.8 Å². The van der Waals surface area contributed by atoms with Gasteiger partial charge in [-0.25, -0.2) is 9.18 Å². The smallest absolute Gasteiger partial charge is 0.319 e. The topological polar surface area (TPSA) is 61.4 Å². The molecule has 0 unspecified atom stereocenters. The van der Waals surface area contributed by atoms with E-state index in [9.17, 15) is 9.18 Å². The number of benzene rings is 1. The number of nitrogens with one attached hydrogen (secondary N) is 2. The highest BCUT2D eigenvalue weighted by Crippen LogP contribution is 2.24. The summed E-state index contributed by atoms with van der Waals surface area (Å²) in [5.41, 5.74) is 1.20. The molecule has 20 heavy (non-hydrogen) atoms. The van der Waals surface area contributed by atoms with Crippen molar-refractivity contribution in [3.05, 3.63) is 40.1 Å². The van der Waals surface area contributed by atoms with Crippen molar-refractivity contribution in [1.29, 1.82) is 0 Å². The molecule has 0 bridgehead atoms. The van der Waals surface area contributed by atoms with Crippen LogP contribution >= 0.6 is 15.9 Å². The van der Waals surface area contributed by atoms with Crippen molar-refractivity contribution in [3.63, 3.8) is 0 Å². The fourth-order valence-electron chi connectivity index (χ4n) is 2.12. The zero-order valence-electron chi connectivity index (χ0n) is 11.0. The van der Waals surface area contributed by atoms with Gasteiger partial charge in [0.2, 0.25) is 0 Å². The fraction of sp³-hybridized carbons (Fsp3) is 0.357.